The van der Waals surface area contributed by atoms with Crippen LogP contribution < -0.4 is 5.32 Å². The Balaban J connectivity index is 1.91. The number of aryl methyl sites for hydroxylation is 1. The zero-order valence-corrected chi connectivity index (χ0v) is 13.6. The van der Waals surface area contributed by atoms with Gasteiger partial charge in [0.05, 0.1) is 6.20 Å². The number of benzene rings is 1. The fourth-order valence-corrected chi connectivity index (χ4v) is 2.38. The Kier molecular flexibility index (Phi) is 4.18. The first-order valence-corrected chi connectivity index (χ1v) is 7.48. The highest BCUT2D eigenvalue weighted by molar-refractivity contribution is 5.98. The van der Waals surface area contributed by atoms with Gasteiger partial charge in [-0.1, -0.05) is 12.1 Å². The van der Waals surface area contributed by atoms with Crippen molar-refractivity contribution in [2.24, 2.45) is 0 Å². The highest BCUT2D eigenvalue weighted by Gasteiger charge is 2.18. The van der Waals surface area contributed by atoms with Gasteiger partial charge in [0.15, 0.2) is 17.2 Å². The molecule has 8 heteroatoms. The number of hydrogen-bond acceptors (Lipinski definition) is 5. The standard InChI is InChI=1S/C17H15FN4O3/c1-9-5-11(3-4-12(9)18)7-19-17(25)14-6-13(10(2)23)21-16-15(24)8-20-22(14)16/h3-6,8,24H,7H2,1-2H3,(H,19,25). The van der Waals surface area contributed by atoms with Crippen LogP contribution in [0.15, 0.2) is 30.5 Å². The summed E-state index contributed by atoms with van der Waals surface area (Å²) in [5.74, 6) is -1.39. The van der Waals surface area contributed by atoms with Crippen LogP contribution in [0.5, 0.6) is 5.75 Å². The van der Waals surface area contributed by atoms with Crippen molar-refractivity contribution in [3.8, 4) is 5.75 Å². The summed E-state index contributed by atoms with van der Waals surface area (Å²) in [7, 11) is 0. The van der Waals surface area contributed by atoms with Gasteiger partial charge in [-0.2, -0.15) is 5.10 Å². The van der Waals surface area contributed by atoms with Crippen molar-refractivity contribution in [3.63, 3.8) is 0 Å². The second-order valence-corrected chi connectivity index (χ2v) is 5.61. The van der Waals surface area contributed by atoms with Gasteiger partial charge in [-0.3, -0.25) is 9.59 Å². The molecule has 0 aliphatic rings. The summed E-state index contributed by atoms with van der Waals surface area (Å²) in [6, 6.07) is 5.86. The second-order valence-electron chi connectivity index (χ2n) is 5.61. The van der Waals surface area contributed by atoms with Crippen LogP contribution in [0.2, 0.25) is 0 Å². The number of rotatable bonds is 4. The largest absolute Gasteiger partial charge is 0.503 e. The number of halogens is 1. The van der Waals surface area contributed by atoms with Crippen LogP contribution >= 0.6 is 0 Å². The van der Waals surface area contributed by atoms with Crippen LogP contribution in [0.4, 0.5) is 4.39 Å². The van der Waals surface area contributed by atoms with E-state index in [0.29, 0.717) is 5.56 Å². The smallest absolute Gasteiger partial charge is 0.270 e. The molecule has 0 aliphatic heterocycles. The zero-order chi connectivity index (χ0) is 18.1. The third kappa shape index (κ3) is 3.18. The zero-order valence-electron chi connectivity index (χ0n) is 13.6. The number of amides is 1. The molecule has 0 saturated carbocycles. The topological polar surface area (TPSA) is 96.6 Å². The van der Waals surface area contributed by atoms with Crippen LogP contribution in [0.25, 0.3) is 5.65 Å². The number of nitrogens with zero attached hydrogens (tertiary/aromatic N) is 3. The summed E-state index contributed by atoms with van der Waals surface area (Å²) >= 11 is 0. The third-order valence-electron chi connectivity index (χ3n) is 3.72. The van der Waals surface area contributed by atoms with Gasteiger partial charge in [-0.15, -0.1) is 0 Å². The van der Waals surface area contributed by atoms with E-state index in [2.05, 4.69) is 15.4 Å². The van der Waals surface area contributed by atoms with E-state index in [4.69, 9.17) is 0 Å². The second kappa shape index (κ2) is 6.31. The van der Waals surface area contributed by atoms with E-state index >= 15 is 0 Å². The lowest BCUT2D eigenvalue weighted by Crippen LogP contribution is -2.26. The fourth-order valence-electron chi connectivity index (χ4n) is 2.38. The SMILES string of the molecule is CC(=O)c1cc(C(=O)NCc2ccc(F)c(C)c2)n2ncc(O)c2n1. The van der Waals surface area contributed by atoms with E-state index in [9.17, 15) is 19.1 Å². The highest BCUT2D eigenvalue weighted by Crippen LogP contribution is 2.18. The summed E-state index contributed by atoms with van der Waals surface area (Å²) in [4.78, 5) is 28.1. The summed E-state index contributed by atoms with van der Waals surface area (Å²) in [6.45, 7) is 3.13. The molecule has 0 saturated heterocycles. The van der Waals surface area contributed by atoms with Crippen molar-refractivity contribution in [2.45, 2.75) is 20.4 Å². The number of Topliss-reactive ketones (excluding diaryl/α,β-unsaturated/α-hetero) is 1. The van der Waals surface area contributed by atoms with Crippen molar-refractivity contribution in [3.05, 3.63) is 58.8 Å². The monoisotopic (exact) mass is 342 g/mol. The fraction of sp³-hybridized carbons (Fsp3) is 0.176. The quantitative estimate of drug-likeness (QED) is 0.707. The van der Waals surface area contributed by atoms with Crippen molar-refractivity contribution in [1.29, 1.82) is 0 Å². The van der Waals surface area contributed by atoms with Crippen LogP contribution in [0.3, 0.4) is 0 Å². The molecule has 128 valence electrons. The number of carbonyl (C=O) groups is 2. The van der Waals surface area contributed by atoms with Crippen LogP contribution in [0, 0.1) is 12.7 Å². The minimum atomic E-state index is -0.500. The Hall–Kier alpha value is -3.29. The minimum Gasteiger partial charge on any atom is -0.503 e. The Morgan fingerprint density at radius 1 is 1.32 bits per heavy atom. The molecular formula is C17H15FN4O3. The first-order valence-electron chi connectivity index (χ1n) is 7.48. The van der Waals surface area contributed by atoms with E-state index < -0.39 is 5.91 Å². The van der Waals surface area contributed by atoms with Gasteiger partial charge in [0.2, 0.25) is 0 Å². The molecule has 0 unspecified atom stereocenters. The number of hydrogen-bond donors (Lipinski definition) is 2. The molecule has 25 heavy (non-hydrogen) atoms. The molecule has 1 aromatic carbocycles. The predicted octanol–water partition coefficient (Wildman–Crippen LogP) is 2.02. The molecule has 0 aliphatic carbocycles. The molecule has 3 aromatic rings. The van der Waals surface area contributed by atoms with Crippen molar-refractivity contribution in [2.75, 3.05) is 0 Å². The molecule has 0 atom stereocenters. The maximum Gasteiger partial charge on any atom is 0.270 e. The number of fused-ring (bicyclic) bond motifs is 1. The molecular weight excluding hydrogens is 327 g/mol. The first kappa shape index (κ1) is 16.6. The van der Waals surface area contributed by atoms with Crippen LogP contribution in [-0.2, 0) is 6.54 Å². The van der Waals surface area contributed by atoms with Gasteiger partial charge >= 0.3 is 0 Å². The molecule has 3 rings (SSSR count). The van der Waals surface area contributed by atoms with Crippen LogP contribution in [-0.4, -0.2) is 31.4 Å². The van der Waals surface area contributed by atoms with Gasteiger partial charge in [-0.25, -0.2) is 13.9 Å². The lowest BCUT2D eigenvalue weighted by Gasteiger charge is -2.09. The van der Waals surface area contributed by atoms with Gasteiger partial charge in [0, 0.05) is 13.5 Å². The summed E-state index contributed by atoms with van der Waals surface area (Å²) < 4.78 is 14.5. The maximum absolute atomic E-state index is 13.3. The lowest BCUT2D eigenvalue weighted by molar-refractivity contribution is 0.0943. The number of ketones is 1. The molecule has 0 spiro atoms. The first-order chi connectivity index (χ1) is 11.9. The highest BCUT2D eigenvalue weighted by atomic mass is 19.1. The van der Waals surface area contributed by atoms with Gasteiger partial charge in [0.25, 0.3) is 5.91 Å². The van der Waals surface area contributed by atoms with Gasteiger partial charge in [0.1, 0.15) is 17.2 Å². The van der Waals surface area contributed by atoms with Crippen molar-refractivity contribution in [1.82, 2.24) is 19.9 Å². The molecule has 2 heterocycles. The summed E-state index contributed by atoms with van der Waals surface area (Å²) in [5.41, 5.74) is 1.34. The summed E-state index contributed by atoms with van der Waals surface area (Å²) in [6.07, 6.45) is 1.15. The van der Waals surface area contributed by atoms with E-state index in [0.717, 1.165) is 16.3 Å². The molecule has 0 bridgehead atoms. The number of aromatic nitrogens is 3. The van der Waals surface area contributed by atoms with Crippen molar-refractivity contribution >= 4 is 17.3 Å². The average molecular weight is 342 g/mol. The van der Waals surface area contributed by atoms with E-state index in [1.165, 1.54) is 19.1 Å². The number of aromatic hydroxyl groups is 1. The Bertz CT molecular complexity index is 997. The lowest BCUT2D eigenvalue weighted by atomic mass is 10.1. The molecule has 0 fully saturated rings. The molecule has 2 aromatic heterocycles. The van der Waals surface area contributed by atoms with E-state index in [1.54, 1.807) is 19.1 Å². The van der Waals surface area contributed by atoms with Gasteiger partial charge < -0.3 is 10.4 Å². The van der Waals surface area contributed by atoms with E-state index in [-0.39, 0.29) is 40.9 Å². The molecule has 0 radical (unpaired) electrons. The molecule has 2 N–H and O–H groups in total. The number of carbonyl (C=O) groups excluding carboxylic acids is 2. The van der Waals surface area contributed by atoms with Crippen molar-refractivity contribution < 1.29 is 19.1 Å². The third-order valence-corrected chi connectivity index (χ3v) is 3.72. The Morgan fingerprint density at radius 2 is 2.08 bits per heavy atom. The average Bonchev–Trinajstić information content (AvgIpc) is 2.96. The minimum absolute atomic E-state index is 0.0236. The number of nitrogens with one attached hydrogen (secondary N) is 1. The molecule has 7 nitrogen and oxygen atoms in total. The maximum atomic E-state index is 13.3. The summed E-state index contributed by atoms with van der Waals surface area (Å²) in [5, 5.41) is 16.4. The normalized spacial score (nSPS) is 10.8. The molecule has 1 amide bonds. The van der Waals surface area contributed by atoms with Crippen LogP contribution in [0.1, 0.15) is 39.0 Å². The predicted molar refractivity (Wildman–Crippen MR) is 87.0 cm³/mol. The Labute approximate surface area is 142 Å². The Morgan fingerprint density at radius 3 is 2.76 bits per heavy atom. The van der Waals surface area contributed by atoms with E-state index in [1.807, 2.05) is 0 Å². The van der Waals surface area contributed by atoms with Gasteiger partial charge in [-0.05, 0) is 30.2 Å².